The van der Waals surface area contributed by atoms with E-state index in [1.54, 1.807) is 35.6 Å². The molecule has 0 bridgehead atoms. The van der Waals surface area contributed by atoms with E-state index in [0.29, 0.717) is 17.0 Å². The van der Waals surface area contributed by atoms with Gasteiger partial charge in [-0.3, -0.25) is 0 Å². The summed E-state index contributed by atoms with van der Waals surface area (Å²) in [5.41, 5.74) is 1.08. The van der Waals surface area contributed by atoms with Crippen molar-refractivity contribution in [2.75, 3.05) is 0 Å². The summed E-state index contributed by atoms with van der Waals surface area (Å²) in [4.78, 5) is 12.9. The van der Waals surface area contributed by atoms with E-state index >= 15 is 0 Å². The SMILES string of the molecule is O=C(OCc1cc(-c2cccs2)on1)c1cccc(Br)c1. The van der Waals surface area contributed by atoms with Crippen LogP contribution < -0.4 is 0 Å². The first-order valence-corrected chi connectivity index (χ1v) is 7.82. The summed E-state index contributed by atoms with van der Waals surface area (Å²) in [6, 6.07) is 12.7. The number of halogens is 1. The molecule has 0 fully saturated rings. The Hall–Kier alpha value is -1.92. The lowest BCUT2D eigenvalue weighted by atomic mass is 10.2. The maximum Gasteiger partial charge on any atom is 0.338 e. The molecule has 0 radical (unpaired) electrons. The molecule has 0 aliphatic carbocycles. The topological polar surface area (TPSA) is 52.3 Å². The minimum absolute atomic E-state index is 0.0836. The summed E-state index contributed by atoms with van der Waals surface area (Å²) >= 11 is 4.88. The minimum Gasteiger partial charge on any atom is -0.455 e. The molecular formula is C15H10BrNO3S. The van der Waals surface area contributed by atoms with Gasteiger partial charge in [-0.2, -0.15) is 0 Å². The molecule has 0 saturated heterocycles. The number of carbonyl (C=O) groups excluding carboxylic acids is 1. The summed E-state index contributed by atoms with van der Waals surface area (Å²) < 4.78 is 11.3. The number of ether oxygens (including phenoxy) is 1. The highest BCUT2D eigenvalue weighted by Crippen LogP contribution is 2.25. The Morgan fingerprint density at radius 3 is 2.95 bits per heavy atom. The van der Waals surface area contributed by atoms with Gasteiger partial charge in [0, 0.05) is 10.5 Å². The van der Waals surface area contributed by atoms with Crippen molar-refractivity contribution in [1.29, 1.82) is 0 Å². The van der Waals surface area contributed by atoms with E-state index in [9.17, 15) is 4.79 Å². The van der Waals surface area contributed by atoms with Gasteiger partial charge < -0.3 is 9.26 Å². The largest absolute Gasteiger partial charge is 0.455 e. The number of nitrogens with zero attached hydrogens (tertiary/aromatic N) is 1. The average Bonchev–Trinajstić information content (AvgIpc) is 3.15. The van der Waals surface area contributed by atoms with E-state index in [-0.39, 0.29) is 6.61 Å². The van der Waals surface area contributed by atoms with Crippen LogP contribution >= 0.6 is 27.3 Å². The molecule has 4 nitrogen and oxygen atoms in total. The standard InChI is InChI=1S/C15H10BrNO3S/c16-11-4-1-3-10(7-11)15(18)19-9-12-8-13(20-17-12)14-5-2-6-21-14/h1-8H,9H2. The number of hydrogen-bond acceptors (Lipinski definition) is 5. The van der Waals surface area contributed by atoms with Crippen LogP contribution in [0.4, 0.5) is 0 Å². The summed E-state index contributed by atoms with van der Waals surface area (Å²) in [5.74, 6) is 0.287. The van der Waals surface area contributed by atoms with Crippen molar-refractivity contribution in [1.82, 2.24) is 5.16 Å². The molecule has 0 spiro atoms. The molecule has 0 aliphatic heterocycles. The highest BCUT2D eigenvalue weighted by atomic mass is 79.9. The number of aromatic nitrogens is 1. The van der Waals surface area contributed by atoms with Crippen molar-refractivity contribution in [3.63, 3.8) is 0 Å². The van der Waals surface area contributed by atoms with Gasteiger partial charge >= 0.3 is 5.97 Å². The third-order valence-corrected chi connectivity index (χ3v) is 4.11. The molecule has 0 aliphatic rings. The monoisotopic (exact) mass is 363 g/mol. The molecule has 21 heavy (non-hydrogen) atoms. The molecule has 6 heteroatoms. The lowest BCUT2D eigenvalue weighted by Gasteiger charge is -2.02. The van der Waals surface area contributed by atoms with E-state index in [4.69, 9.17) is 9.26 Å². The van der Waals surface area contributed by atoms with Crippen molar-refractivity contribution in [2.45, 2.75) is 6.61 Å². The minimum atomic E-state index is -0.392. The maximum absolute atomic E-state index is 11.9. The van der Waals surface area contributed by atoms with Crippen LogP contribution in [0.2, 0.25) is 0 Å². The van der Waals surface area contributed by atoms with Crippen LogP contribution in [-0.4, -0.2) is 11.1 Å². The molecule has 3 rings (SSSR count). The average molecular weight is 364 g/mol. The second-order valence-corrected chi connectivity index (χ2v) is 6.11. The van der Waals surface area contributed by atoms with E-state index in [1.807, 2.05) is 23.6 Å². The van der Waals surface area contributed by atoms with E-state index in [1.165, 1.54) is 0 Å². The predicted octanol–water partition coefficient (Wildman–Crippen LogP) is 4.52. The van der Waals surface area contributed by atoms with Crippen molar-refractivity contribution in [3.8, 4) is 10.6 Å². The number of rotatable bonds is 4. The number of esters is 1. The number of hydrogen-bond donors (Lipinski definition) is 0. The van der Waals surface area contributed by atoms with Crippen molar-refractivity contribution in [3.05, 3.63) is 63.6 Å². The number of benzene rings is 1. The Morgan fingerprint density at radius 1 is 1.29 bits per heavy atom. The van der Waals surface area contributed by atoms with Crippen LogP contribution in [-0.2, 0) is 11.3 Å². The van der Waals surface area contributed by atoms with Crippen LogP contribution in [0.5, 0.6) is 0 Å². The summed E-state index contributed by atoms with van der Waals surface area (Å²) in [6.07, 6.45) is 0. The zero-order valence-electron chi connectivity index (χ0n) is 10.8. The van der Waals surface area contributed by atoms with Gasteiger partial charge in [0.25, 0.3) is 0 Å². The van der Waals surface area contributed by atoms with Gasteiger partial charge in [0.2, 0.25) is 0 Å². The van der Waals surface area contributed by atoms with Gasteiger partial charge in [-0.15, -0.1) is 11.3 Å². The Kier molecular flexibility index (Phi) is 4.17. The predicted molar refractivity (Wildman–Crippen MR) is 83.1 cm³/mol. The van der Waals surface area contributed by atoms with Crippen molar-refractivity contribution < 1.29 is 14.1 Å². The highest BCUT2D eigenvalue weighted by molar-refractivity contribution is 9.10. The van der Waals surface area contributed by atoms with Crippen molar-refractivity contribution >= 4 is 33.2 Å². The molecule has 106 valence electrons. The summed E-state index contributed by atoms with van der Waals surface area (Å²) in [6.45, 7) is 0.0836. The first-order chi connectivity index (χ1) is 10.2. The molecule has 0 unspecified atom stereocenters. The summed E-state index contributed by atoms with van der Waals surface area (Å²) in [7, 11) is 0. The lowest BCUT2D eigenvalue weighted by Crippen LogP contribution is -2.05. The number of thiophene rings is 1. The van der Waals surface area contributed by atoms with E-state index < -0.39 is 5.97 Å². The molecule has 0 amide bonds. The molecule has 1 aromatic carbocycles. The highest BCUT2D eigenvalue weighted by Gasteiger charge is 2.11. The van der Waals surface area contributed by atoms with Gasteiger partial charge in [0.15, 0.2) is 5.76 Å². The Bertz CT molecular complexity index is 752. The van der Waals surface area contributed by atoms with Crippen LogP contribution in [0.1, 0.15) is 16.1 Å². The van der Waals surface area contributed by atoms with Gasteiger partial charge in [-0.1, -0.05) is 33.2 Å². The third-order valence-electron chi connectivity index (χ3n) is 2.73. The van der Waals surface area contributed by atoms with Gasteiger partial charge in [0.05, 0.1) is 10.4 Å². The molecule has 0 saturated carbocycles. The zero-order valence-corrected chi connectivity index (χ0v) is 13.2. The first-order valence-electron chi connectivity index (χ1n) is 6.14. The van der Waals surface area contributed by atoms with Crippen molar-refractivity contribution in [2.24, 2.45) is 0 Å². The molecule has 0 N–H and O–H groups in total. The number of carbonyl (C=O) groups is 1. The molecule has 2 heterocycles. The van der Waals surface area contributed by atoms with Crippen LogP contribution in [0.15, 0.2) is 56.8 Å². The maximum atomic E-state index is 11.9. The second-order valence-electron chi connectivity index (χ2n) is 4.25. The van der Waals surface area contributed by atoms with E-state index in [2.05, 4.69) is 21.1 Å². The fourth-order valence-electron chi connectivity index (χ4n) is 1.75. The fourth-order valence-corrected chi connectivity index (χ4v) is 2.83. The fraction of sp³-hybridized carbons (Fsp3) is 0.0667. The molecule has 0 atom stereocenters. The van der Waals surface area contributed by atoms with Gasteiger partial charge in [-0.05, 0) is 29.6 Å². The zero-order chi connectivity index (χ0) is 14.7. The third kappa shape index (κ3) is 3.40. The Labute approximate surface area is 133 Å². The van der Waals surface area contributed by atoms with Crippen LogP contribution in [0.3, 0.4) is 0 Å². The quantitative estimate of drug-likeness (QED) is 0.639. The first kappa shape index (κ1) is 14.0. The van der Waals surface area contributed by atoms with E-state index in [0.717, 1.165) is 9.35 Å². The summed E-state index contributed by atoms with van der Waals surface area (Å²) in [5, 5.41) is 5.86. The Morgan fingerprint density at radius 2 is 2.19 bits per heavy atom. The Balaban J connectivity index is 1.64. The molecule has 2 aromatic heterocycles. The molecule has 3 aromatic rings. The van der Waals surface area contributed by atoms with Gasteiger partial charge in [-0.25, -0.2) is 4.79 Å². The smallest absolute Gasteiger partial charge is 0.338 e. The van der Waals surface area contributed by atoms with Crippen LogP contribution in [0, 0.1) is 0 Å². The molecular weight excluding hydrogens is 354 g/mol. The normalized spacial score (nSPS) is 10.5. The van der Waals surface area contributed by atoms with Gasteiger partial charge in [0.1, 0.15) is 12.3 Å². The second kappa shape index (κ2) is 6.24. The lowest BCUT2D eigenvalue weighted by molar-refractivity contribution is 0.0464. The van der Waals surface area contributed by atoms with Crippen LogP contribution in [0.25, 0.3) is 10.6 Å².